The number of halogens is 1. The van der Waals surface area contributed by atoms with Gasteiger partial charge >= 0.3 is 0 Å². The first-order valence-electron chi connectivity index (χ1n) is 6.70. The van der Waals surface area contributed by atoms with Crippen molar-refractivity contribution in [1.29, 1.82) is 0 Å². The van der Waals surface area contributed by atoms with Crippen molar-refractivity contribution < 1.29 is 4.79 Å². The van der Waals surface area contributed by atoms with Gasteiger partial charge in [0, 0.05) is 10.9 Å². The van der Waals surface area contributed by atoms with E-state index in [1.165, 1.54) is 6.42 Å². The second-order valence-electron chi connectivity index (χ2n) is 5.68. The van der Waals surface area contributed by atoms with E-state index in [4.69, 9.17) is 11.6 Å². The molecular formula is C15H18ClNO. The summed E-state index contributed by atoms with van der Waals surface area (Å²) in [7, 11) is 0. The van der Waals surface area contributed by atoms with Crippen LogP contribution >= 0.6 is 11.6 Å². The maximum absolute atomic E-state index is 12.2. The molecule has 2 aliphatic carbocycles. The summed E-state index contributed by atoms with van der Waals surface area (Å²) in [5.74, 6) is 2.13. The average molecular weight is 264 g/mol. The molecule has 0 radical (unpaired) electrons. The van der Waals surface area contributed by atoms with E-state index < -0.39 is 0 Å². The average Bonchev–Trinajstić information content (AvgIpc) is 2.96. The summed E-state index contributed by atoms with van der Waals surface area (Å²) < 4.78 is 0. The molecule has 2 saturated carbocycles. The van der Waals surface area contributed by atoms with Gasteiger partial charge in [-0.1, -0.05) is 29.8 Å². The number of nitrogens with one attached hydrogen (secondary N) is 1. The molecule has 2 fully saturated rings. The molecule has 1 amide bonds. The summed E-state index contributed by atoms with van der Waals surface area (Å²) in [6.45, 7) is 1.99. The molecule has 3 rings (SSSR count). The molecule has 0 aliphatic heterocycles. The standard InChI is InChI=1S/C15H18ClNO/c1-9(13-4-2-3-5-14(13)16)17-15(18)12-7-10-6-11(10)8-12/h2-5,9-12H,6-8H2,1H3,(H,17,18)/t9-,10?,11?,12?/m1/s1. The first-order chi connectivity index (χ1) is 8.65. The molecule has 2 nitrogen and oxygen atoms in total. The summed E-state index contributed by atoms with van der Waals surface area (Å²) in [5.41, 5.74) is 0.996. The number of amides is 1. The molecule has 2 unspecified atom stereocenters. The maximum Gasteiger partial charge on any atom is 0.223 e. The third-order valence-electron chi connectivity index (χ3n) is 4.34. The summed E-state index contributed by atoms with van der Waals surface area (Å²) in [6.07, 6.45) is 3.53. The zero-order valence-electron chi connectivity index (χ0n) is 10.5. The molecule has 0 bridgehead atoms. The molecule has 96 valence electrons. The van der Waals surface area contributed by atoms with Crippen LogP contribution in [0.1, 0.15) is 37.8 Å². The molecule has 18 heavy (non-hydrogen) atoms. The number of benzene rings is 1. The molecule has 3 heteroatoms. The maximum atomic E-state index is 12.2. The van der Waals surface area contributed by atoms with Gasteiger partial charge in [-0.3, -0.25) is 4.79 Å². The van der Waals surface area contributed by atoms with Gasteiger partial charge in [-0.05, 0) is 49.7 Å². The smallest absolute Gasteiger partial charge is 0.223 e. The van der Waals surface area contributed by atoms with E-state index in [9.17, 15) is 4.79 Å². The Morgan fingerprint density at radius 3 is 2.61 bits per heavy atom. The van der Waals surface area contributed by atoms with Crippen LogP contribution < -0.4 is 5.32 Å². The van der Waals surface area contributed by atoms with E-state index in [0.717, 1.165) is 35.3 Å². The van der Waals surface area contributed by atoms with Gasteiger partial charge in [0.15, 0.2) is 0 Å². The van der Waals surface area contributed by atoms with Gasteiger partial charge in [0.05, 0.1) is 6.04 Å². The zero-order valence-corrected chi connectivity index (χ0v) is 11.3. The van der Waals surface area contributed by atoms with Crippen molar-refractivity contribution in [2.45, 2.75) is 32.2 Å². The molecule has 3 atom stereocenters. The van der Waals surface area contributed by atoms with Crippen LogP contribution in [0.5, 0.6) is 0 Å². The number of rotatable bonds is 3. The Hall–Kier alpha value is -1.02. The first kappa shape index (κ1) is 12.0. The highest BCUT2D eigenvalue weighted by Gasteiger charge is 2.48. The Labute approximate surface area is 113 Å². The van der Waals surface area contributed by atoms with Gasteiger partial charge < -0.3 is 5.32 Å². The monoisotopic (exact) mass is 263 g/mol. The van der Waals surface area contributed by atoms with Crippen LogP contribution in [0.25, 0.3) is 0 Å². The van der Waals surface area contributed by atoms with E-state index in [1.54, 1.807) is 0 Å². The lowest BCUT2D eigenvalue weighted by Crippen LogP contribution is -2.32. The molecular weight excluding hydrogens is 246 g/mol. The number of hydrogen-bond acceptors (Lipinski definition) is 1. The summed E-state index contributed by atoms with van der Waals surface area (Å²) >= 11 is 6.14. The lowest BCUT2D eigenvalue weighted by molar-refractivity contribution is -0.125. The van der Waals surface area contributed by atoms with Crippen molar-refractivity contribution in [3.05, 3.63) is 34.9 Å². The van der Waals surface area contributed by atoms with Gasteiger partial charge in [-0.2, -0.15) is 0 Å². The predicted octanol–water partition coefficient (Wildman–Crippen LogP) is 3.56. The molecule has 0 heterocycles. The van der Waals surface area contributed by atoms with Gasteiger partial charge in [-0.15, -0.1) is 0 Å². The Kier molecular flexibility index (Phi) is 3.06. The SMILES string of the molecule is C[C@@H](NC(=O)C1CC2CC2C1)c1ccccc1Cl. The summed E-state index contributed by atoms with van der Waals surface area (Å²) in [4.78, 5) is 12.2. The third-order valence-corrected chi connectivity index (χ3v) is 4.69. The molecule has 1 aromatic carbocycles. The first-order valence-corrected chi connectivity index (χ1v) is 7.07. The molecule has 1 aromatic rings. The van der Waals surface area contributed by atoms with Crippen LogP contribution in [-0.4, -0.2) is 5.91 Å². The predicted molar refractivity (Wildman–Crippen MR) is 72.3 cm³/mol. The van der Waals surface area contributed by atoms with Gasteiger partial charge in [0.2, 0.25) is 5.91 Å². The Bertz CT molecular complexity index is 463. The highest BCUT2D eigenvalue weighted by Crippen LogP contribution is 2.54. The van der Waals surface area contributed by atoms with E-state index in [0.29, 0.717) is 0 Å². The summed E-state index contributed by atoms with van der Waals surface area (Å²) in [6, 6.07) is 7.69. The Morgan fingerprint density at radius 2 is 1.94 bits per heavy atom. The topological polar surface area (TPSA) is 29.1 Å². The lowest BCUT2D eigenvalue weighted by Gasteiger charge is -2.19. The van der Waals surface area contributed by atoms with E-state index in [1.807, 2.05) is 31.2 Å². The highest BCUT2D eigenvalue weighted by molar-refractivity contribution is 6.31. The van der Waals surface area contributed by atoms with Crippen molar-refractivity contribution in [2.24, 2.45) is 17.8 Å². The molecule has 2 aliphatic rings. The van der Waals surface area contributed by atoms with Crippen LogP contribution in [0.4, 0.5) is 0 Å². The quantitative estimate of drug-likeness (QED) is 0.888. The van der Waals surface area contributed by atoms with Crippen molar-refractivity contribution in [2.75, 3.05) is 0 Å². The largest absolute Gasteiger partial charge is 0.349 e. The number of carbonyl (C=O) groups excluding carboxylic acids is 1. The third kappa shape index (κ3) is 2.26. The molecule has 0 spiro atoms. The second kappa shape index (κ2) is 4.58. The van der Waals surface area contributed by atoms with E-state index >= 15 is 0 Å². The zero-order chi connectivity index (χ0) is 12.7. The number of carbonyl (C=O) groups is 1. The normalized spacial score (nSPS) is 30.7. The molecule has 1 N–H and O–H groups in total. The lowest BCUT2D eigenvalue weighted by atomic mass is 10.0. The van der Waals surface area contributed by atoms with Crippen LogP contribution in [0.15, 0.2) is 24.3 Å². The highest BCUT2D eigenvalue weighted by atomic mass is 35.5. The van der Waals surface area contributed by atoms with E-state index in [-0.39, 0.29) is 17.9 Å². The van der Waals surface area contributed by atoms with Gasteiger partial charge in [0.1, 0.15) is 0 Å². The van der Waals surface area contributed by atoms with Crippen molar-refractivity contribution in [3.63, 3.8) is 0 Å². The number of hydrogen-bond donors (Lipinski definition) is 1. The van der Waals surface area contributed by atoms with Crippen LogP contribution in [0, 0.1) is 17.8 Å². The van der Waals surface area contributed by atoms with E-state index in [2.05, 4.69) is 5.32 Å². The minimum atomic E-state index is -0.0110. The Morgan fingerprint density at radius 1 is 1.28 bits per heavy atom. The minimum absolute atomic E-state index is 0.0110. The van der Waals surface area contributed by atoms with Crippen molar-refractivity contribution in [1.82, 2.24) is 5.32 Å². The van der Waals surface area contributed by atoms with Crippen LogP contribution in [0.3, 0.4) is 0 Å². The minimum Gasteiger partial charge on any atom is -0.349 e. The van der Waals surface area contributed by atoms with Crippen LogP contribution in [-0.2, 0) is 4.79 Å². The second-order valence-corrected chi connectivity index (χ2v) is 6.08. The van der Waals surface area contributed by atoms with Gasteiger partial charge in [-0.25, -0.2) is 0 Å². The fourth-order valence-electron chi connectivity index (χ4n) is 3.16. The summed E-state index contributed by atoms with van der Waals surface area (Å²) in [5, 5.41) is 3.82. The van der Waals surface area contributed by atoms with Gasteiger partial charge in [0.25, 0.3) is 0 Å². The van der Waals surface area contributed by atoms with Crippen molar-refractivity contribution in [3.8, 4) is 0 Å². The fraction of sp³-hybridized carbons (Fsp3) is 0.533. The van der Waals surface area contributed by atoms with Crippen LogP contribution in [0.2, 0.25) is 5.02 Å². The molecule has 0 saturated heterocycles. The number of fused-ring (bicyclic) bond motifs is 1. The van der Waals surface area contributed by atoms with Crippen molar-refractivity contribution >= 4 is 17.5 Å². The molecule has 0 aromatic heterocycles. The Balaban J connectivity index is 1.62. The fourth-order valence-corrected chi connectivity index (χ4v) is 3.46.